The summed E-state index contributed by atoms with van der Waals surface area (Å²) in [5.41, 5.74) is 0.421. The molecule has 0 aliphatic heterocycles. The highest BCUT2D eigenvalue weighted by Crippen LogP contribution is 2.25. The van der Waals surface area contributed by atoms with E-state index < -0.39 is 10.9 Å². The summed E-state index contributed by atoms with van der Waals surface area (Å²) in [4.78, 5) is 21.0. The van der Waals surface area contributed by atoms with E-state index in [0.717, 1.165) is 11.6 Å². The summed E-state index contributed by atoms with van der Waals surface area (Å²) in [6.45, 7) is 0.224. The molecule has 0 bridgehead atoms. The highest BCUT2D eigenvalue weighted by atomic mass is 32.1. The van der Waals surface area contributed by atoms with Gasteiger partial charge in [0, 0.05) is 12.1 Å². The van der Waals surface area contributed by atoms with Gasteiger partial charge in [0.15, 0.2) is 0 Å². The van der Waals surface area contributed by atoms with Crippen molar-refractivity contribution in [3.05, 3.63) is 56.3 Å². The Morgan fingerprint density at radius 3 is 2.79 bits per heavy atom. The monoisotopic (exact) mass is 279 g/mol. The molecule has 98 valence electrons. The molecular formula is C12H9NO5S. The summed E-state index contributed by atoms with van der Waals surface area (Å²) in [5.74, 6) is -1.15. The van der Waals surface area contributed by atoms with Crippen molar-refractivity contribution in [1.82, 2.24) is 0 Å². The summed E-state index contributed by atoms with van der Waals surface area (Å²) in [7, 11) is 0. The molecule has 0 aliphatic rings. The molecule has 0 fully saturated rings. The number of benzene rings is 1. The fourth-order valence-electron chi connectivity index (χ4n) is 1.46. The Morgan fingerprint density at radius 2 is 2.21 bits per heavy atom. The van der Waals surface area contributed by atoms with E-state index in [9.17, 15) is 14.9 Å². The highest BCUT2D eigenvalue weighted by molar-refractivity contribution is 7.07. The van der Waals surface area contributed by atoms with Crippen LogP contribution in [-0.2, 0) is 6.61 Å². The lowest BCUT2D eigenvalue weighted by Gasteiger charge is -2.07. The third-order valence-electron chi connectivity index (χ3n) is 2.38. The first-order chi connectivity index (χ1) is 9.08. The van der Waals surface area contributed by atoms with E-state index in [0.29, 0.717) is 0 Å². The van der Waals surface area contributed by atoms with Gasteiger partial charge in [-0.05, 0) is 28.5 Å². The number of ether oxygens (including phenoxy) is 1. The first-order valence-electron chi connectivity index (χ1n) is 5.23. The molecule has 0 saturated carbocycles. The van der Waals surface area contributed by atoms with Gasteiger partial charge < -0.3 is 9.84 Å². The van der Waals surface area contributed by atoms with Gasteiger partial charge >= 0.3 is 5.97 Å². The Labute approximate surface area is 112 Å². The molecule has 0 unspecified atom stereocenters. The van der Waals surface area contributed by atoms with Gasteiger partial charge in [0.05, 0.1) is 4.92 Å². The van der Waals surface area contributed by atoms with E-state index >= 15 is 0 Å². The molecule has 0 aliphatic carbocycles. The molecule has 19 heavy (non-hydrogen) atoms. The number of carbonyl (C=O) groups is 1. The van der Waals surface area contributed by atoms with Gasteiger partial charge in [0.2, 0.25) is 0 Å². The van der Waals surface area contributed by atoms with Gasteiger partial charge in [-0.1, -0.05) is 0 Å². The second-order valence-corrected chi connectivity index (χ2v) is 4.44. The standard InChI is InChI=1S/C12H9NO5S/c14-12(15)10-5-9(13(16)17)1-2-11(10)18-6-8-3-4-19-7-8/h1-5,7H,6H2,(H,14,15). The van der Waals surface area contributed by atoms with E-state index in [-0.39, 0.29) is 23.6 Å². The number of nitro benzene ring substituents is 1. The van der Waals surface area contributed by atoms with Crippen LogP contribution in [-0.4, -0.2) is 16.0 Å². The van der Waals surface area contributed by atoms with E-state index in [1.54, 1.807) is 0 Å². The number of aromatic carboxylic acids is 1. The number of rotatable bonds is 5. The summed E-state index contributed by atoms with van der Waals surface area (Å²) >= 11 is 1.51. The predicted octanol–water partition coefficient (Wildman–Crippen LogP) is 2.93. The lowest BCUT2D eigenvalue weighted by molar-refractivity contribution is -0.384. The van der Waals surface area contributed by atoms with Crippen LogP contribution in [0.15, 0.2) is 35.0 Å². The van der Waals surface area contributed by atoms with Gasteiger partial charge in [-0.3, -0.25) is 10.1 Å². The zero-order valence-electron chi connectivity index (χ0n) is 9.61. The van der Waals surface area contributed by atoms with E-state index in [1.807, 2.05) is 16.8 Å². The predicted molar refractivity (Wildman–Crippen MR) is 68.7 cm³/mol. The zero-order chi connectivity index (χ0) is 13.8. The van der Waals surface area contributed by atoms with Crippen molar-refractivity contribution >= 4 is 23.0 Å². The van der Waals surface area contributed by atoms with Gasteiger partial charge in [-0.15, -0.1) is 0 Å². The van der Waals surface area contributed by atoms with E-state index in [4.69, 9.17) is 9.84 Å². The number of non-ortho nitro benzene ring substituents is 1. The fraction of sp³-hybridized carbons (Fsp3) is 0.0833. The maximum Gasteiger partial charge on any atom is 0.339 e. The van der Waals surface area contributed by atoms with Crippen molar-refractivity contribution in [2.45, 2.75) is 6.61 Å². The quantitative estimate of drug-likeness (QED) is 0.671. The molecule has 1 aromatic heterocycles. The lowest BCUT2D eigenvalue weighted by Crippen LogP contribution is -2.04. The van der Waals surface area contributed by atoms with Gasteiger partial charge in [0.1, 0.15) is 17.9 Å². The molecule has 1 N–H and O–H groups in total. The van der Waals surface area contributed by atoms with Crippen LogP contribution in [0, 0.1) is 10.1 Å². The first kappa shape index (κ1) is 13.0. The van der Waals surface area contributed by atoms with Crippen molar-refractivity contribution in [2.75, 3.05) is 0 Å². The zero-order valence-corrected chi connectivity index (χ0v) is 10.4. The van der Waals surface area contributed by atoms with Crippen molar-refractivity contribution in [3.8, 4) is 5.75 Å². The van der Waals surface area contributed by atoms with Gasteiger partial charge in [0.25, 0.3) is 5.69 Å². The molecule has 1 heterocycles. The molecule has 0 atom stereocenters. The largest absolute Gasteiger partial charge is 0.488 e. The summed E-state index contributed by atoms with van der Waals surface area (Å²) < 4.78 is 5.38. The van der Waals surface area contributed by atoms with Crippen LogP contribution in [0.3, 0.4) is 0 Å². The van der Waals surface area contributed by atoms with Crippen LogP contribution in [0.4, 0.5) is 5.69 Å². The maximum absolute atomic E-state index is 11.1. The Kier molecular flexibility index (Phi) is 3.76. The number of thiophene rings is 1. The van der Waals surface area contributed by atoms with Crippen LogP contribution in [0.2, 0.25) is 0 Å². The smallest absolute Gasteiger partial charge is 0.339 e. The maximum atomic E-state index is 11.1. The number of hydrogen-bond donors (Lipinski definition) is 1. The number of hydrogen-bond acceptors (Lipinski definition) is 5. The normalized spacial score (nSPS) is 10.1. The number of carboxylic acids is 1. The third-order valence-corrected chi connectivity index (χ3v) is 3.11. The van der Waals surface area contributed by atoms with Crippen molar-refractivity contribution in [2.24, 2.45) is 0 Å². The second kappa shape index (κ2) is 5.49. The minimum atomic E-state index is -1.26. The Bertz CT molecular complexity index is 609. The molecule has 6 nitrogen and oxygen atoms in total. The minimum Gasteiger partial charge on any atom is -0.488 e. The van der Waals surface area contributed by atoms with Gasteiger partial charge in [-0.25, -0.2) is 4.79 Å². The Balaban J connectivity index is 2.24. The molecule has 0 spiro atoms. The molecule has 0 saturated heterocycles. The topological polar surface area (TPSA) is 89.7 Å². The number of nitrogens with zero attached hydrogens (tertiary/aromatic N) is 1. The van der Waals surface area contributed by atoms with Crippen LogP contribution < -0.4 is 4.74 Å². The van der Waals surface area contributed by atoms with Crippen LogP contribution >= 0.6 is 11.3 Å². The summed E-state index contributed by atoms with van der Waals surface area (Å²) in [6.07, 6.45) is 0. The minimum absolute atomic E-state index is 0.115. The fourth-order valence-corrected chi connectivity index (χ4v) is 2.11. The Hall–Kier alpha value is -2.41. The van der Waals surface area contributed by atoms with Gasteiger partial charge in [-0.2, -0.15) is 11.3 Å². The molecule has 2 rings (SSSR count). The number of carboxylic acid groups (broad SMARTS) is 1. The van der Waals surface area contributed by atoms with Crippen LogP contribution in [0.25, 0.3) is 0 Å². The average Bonchev–Trinajstić information content (AvgIpc) is 2.89. The van der Waals surface area contributed by atoms with Crippen molar-refractivity contribution in [3.63, 3.8) is 0 Å². The summed E-state index contributed by atoms with van der Waals surface area (Å²) in [6, 6.07) is 5.37. The third kappa shape index (κ3) is 3.08. The van der Waals surface area contributed by atoms with Crippen LogP contribution in [0.5, 0.6) is 5.75 Å². The molecule has 0 amide bonds. The lowest BCUT2D eigenvalue weighted by atomic mass is 10.2. The summed E-state index contributed by atoms with van der Waals surface area (Å²) in [5, 5.41) is 23.4. The van der Waals surface area contributed by atoms with E-state index in [2.05, 4.69) is 0 Å². The average molecular weight is 279 g/mol. The molecular weight excluding hydrogens is 270 g/mol. The molecule has 7 heteroatoms. The highest BCUT2D eigenvalue weighted by Gasteiger charge is 2.17. The molecule has 0 radical (unpaired) electrons. The van der Waals surface area contributed by atoms with E-state index in [1.165, 1.54) is 23.5 Å². The van der Waals surface area contributed by atoms with Crippen LogP contribution in [0.1, 0.15) is 15.9 Å². The molecule has 2 aromatic rings. The number of nitro groups is 1. The molecule has 1 aromatic carbocycles. The SMILES string of the molecule is O=C(O)c1cc([N+](=O)[O-])ccc1OCc1ccsc1. The first-order valence-corrected chi connectivity index (χ1v) is 6.18. The van der Waals surface area contributed by atoms with Crippen molar-refractivity contribution in [1.29, 1.82) is 0 Å². The van der Waals surface area contributed by atoms with Crippen molar-refractivity contribution < 1.29 is 19.6 Å². The Morgan fingerprint density at radius 1 is 1.42 bits per heavy atom. The second-order valence-electron chi connectivity index (χ2n) is 3.66.